The molecule has 3 saturated carbocycles. The summed E-state index contributed by atoms with van der Waals surface area (Å²) < 4.78 is 61.1. The van der Waals surface area contributed by atoms with Crippen molar-refractivity contribution in [3.63, 3.8) is 0 Å². The third-order valence-electron chi connectivity index (χ3n) is 15.9. The molecule has 7 rings (SSSR count). The Hall–Kier alpha value is -3.07. The van der Waals surface area contributed by atoms with Crippen LogP contribution in [0.3, 0.4) is 0 Å². The molecule has 7 N–H and O–H groups in total. The zero-order chi connectivity index (χ0) is 53.7. The molecule has 1 aliphatic heterocycles. The molecule has 0 aromatic carbocycles. The molecule has 4 fully saturated rings. The lowest BCUT2D eigenvalue weighted by molar-refractivity contribution is -0.347. The molecule has 0 spiro atoms. The molecule has 3 heterocycles. The standard InChI is InChI=1S/C43H66N7O19P3S/c1-23(26-8-9-27-28-7-6-24-18-25(51)10-12-42(24,5)43(28,57)14-13-41(26,27)4)39(56)73-17-16-45-30(52)11-15-46-37(55)34(54)40(2,3)20-66-72(63,64)69-71(61,62)65-19-29-33(68-70(58,59)60)32(53)38(67-29)50-22-49-31-35(44)47-21-48-36(31)50/h18,21-23,26-29,32-34,38,53-54,57H,6-17,19-20H2,1-5H3,(H,45,52)(H,46,55)(H,61,62)(H,63,64)(H2,44,47,48)(H2,58,59,60)/p-4/t23-,26+,27-,28-,29+,32+,33+,34-,38+,41+,42-,43+/m0/s1. The summed E-state index contributed by atoms with van der Waals surface area (Å²) in [6.45, 7) is 6.39. The van der Waals surface area contributed by atoms with Gasteiger partial charge in [0.05, 0.1) is 33.0 Å². The average Bonchev–Trinajstić information content (AvgIpc) is 3.98. The van der Waals surface area contributed by atoms with Gasteiger partial charge >= 0.3 is 0 Å². The maximum Gasteiger partial charge on any atom is 0.274 e. The van der Waals surface area contributed by atoms with E-state index in [4.69, 9.17) is 10.5 Å². The van der Waals surface area contributed by atoms with Crippen LogP contribution in [-0.2, 0) is 55.5 Å². The Morgan fingerprint density at radius 1 is 1.00 bits per heavy atom. The number of carbonyl (C=O) groups excluding carboxylic acids is 4. The number of nitrogen functional groups attached to an aromatic ring is 1. The van der Waals surface area contributed by atoms with E-state index >= 15 is 0 Å². The quantitative estimate of drug-likeness (QED) is 0.0709. The Morgan fingerprint density at radius 3 is 2.42 bits per heavy atom. The Balaban J connectivity index is 0.807. The van der Waals surface area contributed by atoms with Crippen molar-refractivity contribution in [2.45, 2.75) is 129 Å². The molecule has 2 amide bonds. The number of nitrogens with zero attached hydrogens (tertiary/aromatic N) is 4. The summed E-state index contributed by atoms with van der Waals surface area (Å²) in [5, 5.41) is 39.0. The molecule has 0 radical (unpaired) electrons. The van der Waals surface area contributed by atoms with Crippen LogP contribution in [0.25, 0.3) is 11.2 Å². The van der Waals surface area contributed by atoms with Gasteiger partial charge in [-0.25, -0.2) is 19.3 Å². The number of phosphoric acid groups is 3. The number of aliphatic hydroxyl groups is 3. The monoisotopic (exact) mass is 1110 g/mol. The Morgan fingerprint density at radius 2 is 1.71 bits per heavy atom. The maximum absolute atomic E-state index is 13.5. The van der Waals surface area contributed by atoms with Crippen molar-refractivity contribution in [2.75, 3.05) is 37.8 Å². The van der Waals surface area contributed by atoms with Gasteiger partial charge in [0.15, 0.2) is 28.6 Å². The third-order valence-corrected chi connectivity index (χ3v) is 20.0. The lowest BCUT2D eigenvalue weighted by Gasteiger charge is -2.63. The van der Waals surface area contributed by atoms with Gasteiger partial charge in [-0.1, -0.05) is 52.0 Å². The topological polar surface area (TPSA) is 412 Å². The summed E-state index contributed by atoms with van der Waals surface area (Å²) in [4.78, 5) is 111. The van der Waals surface area contributed by atoms with Crippen LogP contribution < -0.4 is 35.9 Å². The first kappa shape index (κ1) is 57.6. The van der Waals surface area contributed by atoms with E-state index in [1.165, 1.54) is 13.8 Å². The Labute approximate surface area is 424 Å². The zero-order valence-electron chi connectivity index (χ0n) is 40.8. The largest absolute Gasteiger partial charge is 0.790 e. The molecule has 0 bridgehead atoms. The van der Waals surface area contributed by atoms with Gasteiger partial charge < -0.3 is 74.1 Å². The van der Waals surface area contributed by atoms with E-state index in [2.05, 4.69) is 57.3 Å². The number of ether oxygens (including phenoxy) is 1. The van der Waals surface area contributed by atoms with Crippen molar-refractivity contribution in [1.82, 2.24) is 30.2 Å². The van der Waals surface area contributed by atoms with Crippen molar-refractivity contribution in [1.29, 1.82) is 0 Å². The highest BCUT2D eigenvalue weighted by Crippen LogP contribution is 2.69. The van der Waals surface area contributed by atoms with Gasteiger partial charge in [0.2, 0.25) is 11.8 Å². The van der Waals surface area contributed by atoms with Crippen LogP contribution in [0.1, 0.15) is 98.6 Å². The highest BCUT2D eigenvalue weighted by Gasteiger charge is 2.66. The lowest BCUT2D eigenvalue weighted by atomic mass is 9.44. The SMILES string of the molecule is C[C@H](C(=O)SCCNC(=O)CCNC(=O)[C@H](O)C(C)(C)COP(=O)([O-])OP(=O)([O-])OC[C@H]1O[C@@H](n2cnc3c(N)ncnc32)[C@H](O)[C@@H]1OP(=O)([O-])[O-])[C@H]1CC[C@H]2[C@@H]3CCC4=CC(=O)CC[C@]4(C)[C@@]3(O)CC[C@]12C. The molecule has 4 aliphatic carbocycles. The number of phosphoric ester groups is 3. The van der Waals surface area contributed by atoms with Gasteiger partial charge in [0.1, 0.15) is 36.3 Å². The summed E-state index contributed by atoms with van der Waals surface area (Å²) in [7, 11) is -17.7. The van der Waals surface area contributed by atoms with E-state index in [1.807, 2.05) is 6.92 Å². The smallest absolute Gasteiger partial charge is 0.274 e. The molecule has 408 valence electrons. The first-order valence-electron chi connectivity index (χ1n) is 23.9. The van der Waals surface area contributed by atoms with E-state index in [1.54, 1.807) is 6.08 Å². The second kappa shape index (κ2) is 21.8. The third kappa shape index (κ3) is 12.2. The van der Waals surface area contributed by atoms with Crippen molar-refractivity contribution in [3.05, 3.63) is 24.3 Å². The van der Waals surface area contributed by atoms with Gasteiger partial charge in [0.25, 0.3) is 15.6 Å². The molecule has 73 heavy (non-hydrogen) atoms. The van der Waals surface area contributed by atoms with Crippen LogP contribution in [0.15, 0.2) is 24.3 Å². The second-order valence-electron chi connectivity index (χ2n) is 20.8. The predicted octanol–water partition coefficient (Wildman–Crippen LogP) is 0.0358. The number of aliphatic hydroxyl groups excluding tert-OH is 2. The maximum atomic E-state index is 13.5. The highest BCUT2D eigenvalue weighted by molar-refractivity contribution is 8.13. The fourth-order valence-corrected chi connectivity index (χ4v) is 15.5. The van der Waals surface area contributed by atoms with Crippen molar-refractivity contribution < 1.29 is 90.4 Å². The number of rotatable bonds is 21. The van der Waals surface area contributed by atoms with Crippen molar-refractivity contribution in [2.24, 2.45) is 39.9 Å². The number of aromatic nitrogens is 4. The number of nitrogens with one attached hydrogen (secondary N) is 2. The molecule has 2 aromatic rings. The van der Waals surface area contributed by atoms with Crippen LogP contribution in [0, 0.1) is 39.9 Å². The number of hydrogen-bond donors (Lipinski definition) is 6. The molecule has 1 saturated heterocycles. The fraction of sp³-hybridized carbons (Fsp3) is 0.744. The number of amides is 2. The van der Waals surface area contributed by atoms with Crippen LogP contribution >= 0.6 is 35.2 Å². The summed E-state index contributed by atoms with van der Waals surface area (Å²) in [6.07, 6.45) is 0.0475. The average molecular weight is 1110 g/mol. The highest BCUT2D eigenvalue weighted by atomic mass is 32.2. The molecular weight excluding hydrogens is 1040 g/mol. The van der Waals surface area contributed by atoms with E-state index in [9.17, 15) is 67.8 Å². The number of imidazole rings is 1. The van der Waals surface area contributed by atoms with E-state index in [-0.39, 0.29) is 76.5 Å². The normalized spacial score (nSPS) is 32.8. The number of carbonyl (C=O) groups is 4. The number of ketones is 1. The fourth-order valence-electron chi connectivity index (χ4n) is 11.9. The number of thioether (sulfide) groups is 1. The molecule has 26 nitrogen and oxygen atoms in total. The summed E-state index contributed by atoms with van der Waals surface area (Å²) in [5.74, 6) is -0.878. The minimum Gasteiger partial charge on any atom is -0.790 e. The van der Waals surface area contributed by atoms with Crippen LogP contribution in [0.2, 0.25) is 0 Å². The number of anilines is 1. The molecule has 14 atom stereocenters. The van der Waals surface area contributed by atoms with Crippen molar-refractivity contribution >= 4 is 74.9 Å². The van der Waals surface area contributed by atoms with Gasteiger partial charge in [0, 0.05) is 48.4 Å². The van der Waals surface area contributed by atoms with Crippen LogP contribution in [0.5, 0.6) is 0 Å². The van der Waals surface area contributed by atoms with Gasteiger partial charge in [-0.3, -0.25) is 32.9 Å². The number of nitrogens with two attached hydrogens (primary N) is 1. The molecule has 5 aliphatic rings. The van der Waals surface area contributed by atoms with Crippen LogP contribution in [0.4, 0.5) is 5.82 Å². The molecule has 2 unspecified atom stereocenters. The minimum absolute atomic E-state index is 0.0224. The second-order valence-corrected chi connectivity index (χ2v) is 25.9. The summed E-state index contributed by atoms with van der Waals surface area (Å²) in [6, 6.07) is 0. The van der Waals surface area contributed by atoms with Gasteiger partial charge in [-0.2, -0.15) is 0 Å². The zero-order valence-corrected chi connectivity index (χ0v) is 44.3. The van der Waals surface area contributed by atoms with Crippen LogP contribution in [-0.4, -0.2) is 120 Å². The predicted molar refractivity (Wildman–Crippen MR) is 249 cm³/mol. The Bertz CT molecular complexity index is 2620. The lowest BCUT2D eigenvalue weighted by Crippen LogP contribution is -2.63. The van der Waals surface area contributed by atoms with Gasteiger partial charge in [-0.15, -0.1) is 0 Å². The van der Waals surface area contributed by atoms with Gasteiger partial charge in [-0.05, 0) is 74.2 Å². The summed E-state index contributed by atoms with van der Waals surface area (Å²) in [5.41, 5.74) is 3.72. The summed E-state index contributed by atoms with van der Waals surface area (Å²) >= 11 is 1.14. The first-order chi connectivity index (χ1) is 33.9. The first-order valence-corrected chi connectivity index (χ1v) is 29.2. The minimum atomic E-state index is -5.95. The van der Waals surface area contributed by atoms with E-state index in [0.717, 1.165) is 66.7 Å². The molecular formula is C43H62N7O19P3S-4. The number of fused-ring (bicyclic) bond motifs is 6. The Kier molecular flexibility index (Phi) is 17.2. The van der Waals surface area contributed by atoms with E-state index in [0.29, 0.717) is 25.0 Å². The number of hydrogen-bond acceptors (Lipinski definition) is 24. The van der Waals surface area contributed by atoms with E-state index < -0.39 is 95.6 Å². The van der Waals surface area contributed by atoms with Crippen molar-refractivity contribution in [3.8, 4) is 0 Å². The molecule has 2 aromatic heterocycles. The molecule has 30 heteroatoms.